The van der Waals surface area contributed by atoms with E-state index in [-0.39, 0.29) is 12.3 Å². The number of nitro groups is 1. The average molecular weight is 285 g/mol. The number of nitrogens with one attached hydrogen (secondary N) is 1. The normalized spacial score (nSPS) is 22.6. The van der Waals surface area contributed by atoms with Crippen molar-refractivity contribution in [2.45, 2.75) is 31.8 Å². The molecule has 0 bridgehead atoms. The number of aliphatic hydroxyl groups excluding tert-OH is 1. The van der Waals surface area contributed by atoms with Crippen molar-refractivity contribution in [3.8, 4) is 0 Å². The fourth-order valence-electron chi connectivity index (χ4n) is 2.56. The van der Waals surface area contributed by atoms with Gasteiger partial charge in [-0.25, -0.2) is 0 Å². The Kier molecular flexibility index (Phi) is 4.74. The van der Waals surface area contributed by atoms with Crippen LogP contribution in [0.4, 0.5) is 5.69 Å². The van der Waals surface area contributed by atoms with Crippen LogP contribution in [0.15, 0.2) is 18.2 Å². The van der Waals surface area contributed by atoms with Crippen molar-refractivity contribution in [2.24, 2.45) is 5.92 Å². The quantitative estimate of drug-likeness (QED) is 0.643. The van der Waals surface area contributed by atoms with Gasteiger partial charge in [0.15, 0.2) is 0 Å². The van der Waals surface area contributed by atoms with Gasteiger partial charge in [0.2, 0.25) is 0 Å². The Morgan fingerprint density at radius 1 is 1.47 bits per heavy atom. The molecule has 2 N–H and O–H groups in total. The zero-order chi connectivity index (χ0) is 13.8. The number of nitrogens with zero attached hydrogens (tertiary/aromatic N) is 1. The summed E-state index contributed by atoms with van der Waals surface area (Å²) < 4.78 is 0. The maximum absolute atomic E-state index is 10.6. The number of halogens is 1. The van der Waals surface area contributed by atoms with Crippen molar-refractivity contribution >= 4 is 17.3 Å². The standard InChI is InChI=1S/C13H17ClN2O3/c14-12-6-11(16(18)19)5-4-9(12)7-15-13-3-1-2-10(13)8-17/h4-6,10,13,15,17H,1-3,7-8H2. The summed E-state index contributed by atoms with van der Waals surface area (Å²) >= 11 is 6.04. The van der Waals surface area contributed by atoms with Gasteiger partial charge >= 0.3 is 0 Å². The van der Waals surface area contributed by atoms with Gasteiger partial charge in [0.1, 0.15) is 0 Å². The third kappa shape index (κ3) is 3.43. The summed E-state index contributed by atoms with van der Waals surface area (Å²) in [5, 5.41) is 23.6. The van der Waals surface area contributed by atoms with Crippen LogP contribution in [0, 0.1) is 16.0 Å². The SMILES string of the molecule is O=[N+]([O-])c1ccc(CNC2CCCC2CO)c(Cl)c1. The van der Waals surface area contributed by atoms with Crippen molar-refractivity contribution in [3.63, 3.8) is 0 Å². The van der Waals surface area contributed by atoms with Gasteiger partial charge in [0.25, 0.3) is 5.69 Å². The van der Waals surface area contributed by atoms with Gasteiger partial charge in [0, 0.05) is 31.3 Å². The second kappa shape index (κ2) is 6.32. The van der Waals surface area contributed by atoms with Crippen LogP contribution in [-0.4, -0.2) is 22.7 Å². The van der Waals surface area contributed by atoms with Crippen LogP contribution in [0.25, 0.3) is 0 Å². The summed E-state index contributed by atoms with van der Waals surface area (Å²) in [6.45, 7) is 0.768. The van der Waals surface area contributed by atoms with Crippen molar-refractivity contribution < 1.29 is 10.0 Å². The topological polar surface area (TPSA) is 75.4 Å². The maximum atomic E-state index is 10.6. The van der Waals surface area contributed by atoms with Gasteiger partial charge in [-0.3, -0.25) is 10.1 Å². The number of hydrogen-bond acceptors (Lipinski definition) is 4. The molecule has 1 aromatic carbocycles. The summed E-state index contributed by atoms with van der Waals surface area (Å²) in [6.07, 6.45) is 3.22. The van der Waals surface area contributed by atoms with E-state index in [1.807, 2.05) is 0 Å². The number of nitro benzene ring substituents is 1. The van der Waals surface area contributed by atoms with Crippen LogP contribution in [-0.2, 0) is 6.54 Å². The average Bonchev–Trinajstić information content (AvgIpc) is 2.84. The molecule has 19 heavy (non-hydrogen) atoms. The lowest BCUT2D eigenvalue weighted by Crippen LogP contribution is -2.33. The molecule has 0 amide bonds. The Bertz CT molecular complexity index is 467. The van der Waals surface area contributed by atoms with Crippen LogP contribution in [0.3, 0.4) is 0 Å². The lowest BCUT2D eigenvalue weighted by molar-refractivity contribution is -0.384. The second-order valence-electron chi connectivity index (χ2n) is 4.89. The lowest BCUT2D eigenvalue weighted by atomic mass is 10.0. The Hall–Kier alpha value is -1.17. The highest BCUT2D eigenvalue weighted by Gasteiger charge is 2.26. The van der Waals surface area contributed by atoms with Gasteiger partial charge in [-0.2, -0.15) is 0 Å². The number of hydrogen-bond donors (Lipinski definition) is 2. The molecule has 0 radical (unpaired) electrons. The van der Waals surface area contributed by atoms with Crippen molar-refractivity contribution in [2.75, 3.05) is 6.61 Å². The molecule has 2 rings (SSSR count). The van der Waals surface area contributed by atoms with E-state index in [4.69, 9.17) is 11.6 Å². The molecule has 0 spiro atoms. The first kappa shape index (κ1) is 14.2. The molecular formula is C13H17ClN2O3. The van der Waals surface area contributed by atoms with Crippen LogP contribution in [0.2, 0.25) is 5.02 Å². The molecule has 2 unspecified atom stereocenters. The van der Waals surface area contributed by atoms with Crippen molar-refractivity contribution in [1.82, 2.24) is 5.32 Å². The molecule has 1 saturated carbocycles. The molecular weight excluding hydrogens is 268 g/mol. The molecule has 0 heterocycles. The largest absolute Gasteiger partial charge is 0.396 e. The monoisotopic (exact) mass is 284 g/mol. The van der Waals surface area contributed by atoms with Gasteiger partial charge in [0.05, 0.1) is 9.95 Å². The Labute approximate surface area is 116 Å². The van der Waals surface area contributed by atoms with E-state index >= 15 is 0 Å². The lowest BCUT2D eigenvalue weighted by Gasteiger charge is -2.19. The van der Waals surface area contributed by atoms with Crippen LogP contribution < -0.4 is 5.32 Å². The number of rotatable bonds is 5. The fraction of sp³-hybridized carbons (Fsp3) is 0.538. The van der Waals surface area contributed by atoms with E-state index < -0.39 is 4.92 Å². The van der Waals surface area contributed by atoms with Crippen molar-refractivity contribution in [1.29, 1.82) is 0 Å². The van der Waals surface area contributed by atoms with E-state index in [2.05, 4.69) is 5.32 Å². The fourth-order valence-corrected chi connectivity index (χ4v) is 2.80. The first-order valence-corrected chi connectivity index (χ1v) is 6.76. The molecule has 1 fully saturated rings. The molecule has 1 aromatic rings. The zero-order valence-electron chi connectivity index (χ0n) is 10.5. The zero-order valence-corrected chi connectivity index (χ0v) is 11.3. The third-order valence-corrected chi connectivity index (χ3v) is 4.05. The van der Waals surface area contributed by atoms with E-state index in [1.54, 1.807) is 6.07 Å². The van der Waals surface area contributed by atoms with Crippen LogP contribution >= 0.6 is 11.6 Å². The summed E-state index contributed by atoms with van der Waals surface area (Å²) in [6, 6.07) is 4.81. The molecule has 104 valence electrons. The minimum Gasteiger partial charge on any atom is -0.396 e. The predicted molar refractivity (Wildman–Crippen MR) is 73.2 cm³/mol. The molecule has 2 atom stereocenters. The molecule has 0 aliphatic heterocycles. The van der Waals surface area contributed by atoms with Crippen LogP contribution in [0.1, 0.15) is 24.8 Å². The maximum Gasteiger partial charge on any atom is 0.270 e. The van der Waals surface area contributed by atoms with Gasteiger partial charge < -0.3 is 10.4 Å². The molecule has 6 heteroatoms. The Balaban J connectivity index is 1.98. The predicted octanol–water partition coefficient (Wildman–Crippen LogP) is 2.50. The first-order chi connectivity index (χ1) is 9.11. The summed E-state index contributed by atoms with van der Waals surface area (Å²) in [7, 11) is 0. The minimum absolute atomic E-state index is 0.00264. The number of non-ortho nitro benzene ring substituents is 1. The molecule has 1 aliphatic carbocycles. The van der Waals surface area contributed by atoms with Gasteiger partial charge in [-0.15, -0.1) is 0 Å². The summed E-state index contributed by atoms with van der Waals surface area (Å²) in [5.74, 6) is 0.303. The smallest absolute Gasteiger partial charge is 0.270 e. The van der Waals surface area contributed by atoms with Gasteiger partial charge in [-0.05, 0) is 30.4 Å². The Morgan fingerprint density at radius 3 is 2.89 bits per heavy atom. The molecule has 0 aromatic heterocycles. The number of benzene rings is 1. The highest BCUT2D eigenvalue weighted by molar-refractivity contribution is 6.31. The van der Waals surface area contributed by atoms with E-state index in [0.717, 1.165) is 24.8 Å². The summed E-state index contributed by atoms with van der Waals surface area (Å²) in [4.78, 5) is 10.2. The van der Waals surface area contributed by atoms with Gasteiger partial charge in [-0.1, -0.05) is 18.0 Å². The van der Waals surface area contributed by atoms with Crippen molar-refractivity contribution in [3.05, 3.63) is 38.9 Å². The number of aliphatic hydroxyl groups is 1. The molecule has 0 saturated heterocycles. The summed E-state index contributed by atoms with van der Waals surface area (Å²) in [5.41, 5.74) is 0.846. The van der Waals surface area contributed by atoms with E-state index in [0.29, 0.717) is 23.5 Å². The Morgan fingerprint density at radius 2 is 2.26 bits per heavy atom. The second-order valence-corrected chi connectivity index (χ2v) is 5.30. The first-order valence-electron chi connectivity index (χ1n) is 6.39. The molecule has 5 nitrogen and oxygen atoms in total. The van der Waals surface area contributed by atoms with E-state index in [1.165, 1.54) is 12.1 Å². The minimum atomic E-state index is -0.456. The molecule has 1 aliphatic rings. The third-order valence-electron chi connectivity index (χ3n) is 3.70. The highest BCUT2D eigenvalue weighted by atomic mass is 35.5. The highest BCUT2D eigenvalue weighted by Crippen LogP contribution is 2.27. The van der Waals surface area contributed by atoms with Crippen LogP contribution in [0.5, 0.6) is 0 Å². The van der Waals surface area contributed by atoms with E-state index in [9.17, 15) is 15.2 Å².